The van der Waals surface area contributed by atoms with Crippen molar-refractivity contribution in [1.29, 1.82) is 0 Å². The summed E-state index contributed by atoms with van der Waals surface area (Å²) in [5.74, 6) is -5.91. The smallest absolute Gasteiger partial charge is 0.326 e. The van der Waals surface area contributed by atoms with Crippen LogP contribution in [0.25, 0.3) is 0 Å². The molecule has 0 aliphatic carbocycles. The van der Waals surface area contributed by atoms with Crippen LogP contribution >= 0.6 is 11.3 Å². The number of carboxylic acids is 1. The molecule has 5 rings (SSSR count). The van der Waals surface area contributed by atoms with Crippen LogP contribution in [0, 0.1) is 0 Å². The number of benzene rings is 2. The molecule has 2 aliphatic rings. The molecule has 3 heterocycles. The van der Waals surface area contributed by atoms with Gasteiger partial charge in [-0.25, -0.2) is 4.79 Å². The Kier molecular flexibility index (Phi) is 12.6. The van der Waals surface area contributed by atoms with Crippen LogP contribution in [-0.4, -0.2) is 76.9 Å². The highest BCUT2D eigenvalue weighted by molar-refractivity contribution is 7.09. The average Bonchev–Trinajstić information content (AvgIpc) is 3.57. The molecule has 2 bridgehead atoms. The summed E-state index contributed by atoms with van der Waals surface area (Å²) in [6.45, 7) is 2.48. The molecule has 3 aromatic rings. The van der Waals surface area contributed by atoms with Crippen molar-refractivity contribution in [3.8, 4) is 0 Å². The van der Waals surface area contributed by atoms with Gasteiger partial charge in [0.2, 0.25) is 23.6 Å². The number of fused-ring (bicyclic) bond motifs is 18. The first-order valence-corrected chi connectivity index (χ1v) is 16.3. The summed E-state index contributed by atoms with van der Waals surface area (Å²) in [6, 6.07) is 13.4. The van der Waals surface area contributed by atoms with E-state index < -0.39 is 78.2 Å². The average molecular weight is 692 g/mol. The second-order valence-corrected chi connectivity index (χ2v) is 12.5. The lowest BCUT2D eigenvalue weighted by Crippen LogP contribution is -2.58. The van der Waals surface area contributed by atoms with Crippen LogP contribution in [0.3, 0.4) is 0 Å². The number of thiophene rings is 1. The third-order valence-corrected chi connectivity index (χ3v) is 8.45. The topological polar surface area (TPSA) is 209 Å². The molecule has 2 aliphatic heterocycles. The molecule has 258 valence electrons. The maximum absolute atomic E-state index is 13.5. The molecule has 14 nitrogen and oxygen atoms in total. The Balaban J connectivity index is 1.67. The molecule has 5 atom stereocenters. The van der Waals surface area contributed by atoms with Crippen LogP contribution in [0.5, 0.6) is 0 Å². The molecule has 0 radical (unpaired) electrons. The first-order valence-electron chi connectivity index (χ1n) is 15.4. The summed E-state index contributed by atoms with van der Waals surface area (Å²) < 4.78 is 5.13. The highest BCUT2D eigenvalue weighted by Crippen LogP contribution is 2.15. The zero-order chi connectivity index (χ0) is 35.5. The number of aliphatic carboxylic acids is 1. The Labute approximate surface area is 286 Å². The number of carboxylic acid groups (broad SMARTS) is 1. The number of amides is 5. The third-order valence-electron chi connectivity index (χ3n) is 7.55. The van der Waals surface area contributed by atoms with Crippen molar-refractivity contribution >= 4 is 58.5 Å². The number of hydrogen-bond acceptors (Lipinski definition) is 9. The van der Waals surface area contributed by atoms with Crippen LogP contribution in [0.1, 0.15) is 36.3 Å². The Morgan fingerprint density at radius 1 is 0.776 bits per heavy atom. The molecule has 2 aromatic carbocycles. The zero-order valence-corrected chi connectivity index (χ0v) is 27.6. The lowest BCUT2D eigenvalue weighted by atomic mass is 10.0. The van der Waals surface area contributed by atoms with Crippen LogP contribution < -0.4 is 26.6 Å². The number of esters is 1. The monoisotopic (exact) mass is 691 g/mol. The van der Waals surface area contributed by atoms with E-state index >= 15 is 0 Å². The number of rotatable bonds is 6. The molecule has 5 amide bonds. The van der Waals surface area contributed by atoms with Gasteiger partial charge in [-0.05, 0) is 41.6 Å². The van der Waals surface area contributed by atoms with Crippen LogP contribution in [0.2, 0.25) is 0 Å². The molecule has 0 spiro atoms. The van der Waals surface area contributed by atoms with Gasteiger partial charge in [0.05, 0.1) is 6.42 Å². The van der Waals surface area contributed by atoms with Crippen molar-refractivity contribution in [3.05, 3.63) is 88.1 Å². The van der Waals surface area contributed by atoms with Crippen molar-refractivity contribution in [1.82, 2.24) is 21.3 Å². The van der Waals surface area contributed by atoms with Gasteiger partial charge in [-0.2, -0.15) is 0 Å². The molecule has 6 N–H and O–H groups in total. The first-order chi connectivity index (χ1) is 23.4. The summed E-state index contributed by atoms with van der Waals surface area (Å²) in [7, 11) is 0. The van der Waals surface area contributed by atoms with Gasteiger partial charge in [-0.3, -0.25) is 28.8 Å². The van der Waals surface area contributed by atoms with Crippen molar-refractivity contribution in [2.75, 3.05) is 5.32 Å². The van der Waals surface area contributed by atoms with Gasteiger partial charge in [0.1, 0.15) is 24.2 Å². The van der Waals surface area contributed by atoms with E-state index in [9.17, 15) is 38.7 Å². The number of anilines is 1. The standard InChI is InChI=1S/C34H37N5O9S/c1-19-30(42)38-25(15-21-7-4-3-5-8-21)32(44)39-27(34(46)47)16-22-10-12-23(13-11-22)36-33(45)28(48-20(2)40)18-29(41)37-26(31(43)35-19)17-24-9-6-14-49-24/h3-14,19,25-28H,15-18H2,1-2H3,(H,35,43)(H,36,45)(H,37,41)(H,38,42)(H,39,44)(H,46,47). The van der Waals surface area contributed by atoms with E-state index in [4.69, 9.17) is 4.74 Å². The van der Waals surface area contributed by atoms with Gasteiger partial charge in [0.25, 0.3) is 5.91 Å². The predicted molar refractivity (Wildman–Crippen MR) is 178 cm³/mol. The Bertz CT molecular complexity index is 1660. The van der Waals surface area contributed by atoms with E-state index in [0.717, 1.165) is 11.8 Å². The Morgan fingerprint density at radius 2 is 1.45 bits per heavy atom. The van der Waals surface area contributed by atoms with Crippen molar-refractivity contribution in [3.63, 3.8) is 0 Å². The second kappa shape index (κ2) is 17.0. The zero-order valence-electron chi connectivity index (χ0n) is 26.8. The molecule has 0 saturated heterocycles. The number of ether oxygens (including phenoxy) is 1. The Morgan fingerprint density at radius 3 is 2.08 bits per heavy atom. The molecular weight excluding hydrogens is 654 g/mol. The summed E-state index contributed by atoms with van der Waals surface area (Å²) in [5.41, 5.74) is 1.47. The first kappa shape index (κ1) is 36.3. The summed E-state index contributed by atoms with van der Waals surface area (Å²) in [6.07, 6.45) is -2.20. The Hall–Kier alpha value is -5.57. The largest absolute Gasteiger partial charge is 0.480 e. The van der Waals surface area contributed by atoms with E-state index in [0.29, 0.717) is 11.1 Å². The predicted octanol–water partition coefficient (Wildman–Crippen LogP) is 1.09. The maximum Gasteiger partial charge on any atom is 0.326 e. The fraction of sp³-hybridized carbons (Fsp3) is 0.324. The van der Waals surface area contributed by atoms with E-state index in [1.807, 2.05) is 0 Å². The highest BCUT2D eigenvalue weighted by Gasteiger charge is 2.32. The molecule has 1 aromatic heterocycles. The van der Waals surface area contributed by atoms with Crippen LogP contribution in [-0.2, 0) is 57.6 Å². The fourth-order valence-corrected chi connectivity index (χ4v) is 5.79. The highest BCUT2D eigenvalue weighted by atomic mass is 32.1. The number of carbonyl (C=O) groups excluding carboxylic acids is 6. The minimum absolute atomic E-state index is 0.0281. The van der Waals surface area contributed by atoms with Crippen molar-refractivity contribution < 1.29 is 43.4 Å². The lowest BCUT2D eigenvalue weighted by Gasteiger charge is -2.25. The number of carbonyl (C=O) groups is 7. The van der Waals surface area contributed by atoms with E-state index in [2.05, 4.69) is 26.6 Å². The molecular formula is C34H37N5O9S. The number of nitrogens with one attached hydrogen (secondary N) is 5. The van der Waals surface area contributed by atoms with Gasteiger partial charge in [-0.15, -0.1) is 11.3 Å². The summed E-state index contributed by atoms with van der Waals surface area (Å²) in [5, 5.41) is 24.6. The van der Waals surface area contributed by atoms with Crippen LogP contribution in [0.15, 0.2) is 72.1 Å². The SMILES string of the molecule is CC(=O)OC1CC(=O)NC(Cc2cccs2)C(=O)NC(C)C(=O)NC(Cc2ccccc2)C(=O)NC(C(=O)O)Cc2ccc(cc2)NC1=O. The maximum atomic E-state index is 13.5. The molecule has 0 fully saturated rings. The van der Waals surface area contributed by atoms with Gasteiger partial charge in [-0.1, -0.05) is 48.5 Å². The van der Waals surface area contributed by atoms with Crippen molar-refractivity contribution in [2.24, 2.45) is 0 Å². The van der Waals surface area contributed by atoms with Crippen LogP contribution in [0.4, 0.5) is 5.69 Å². The summed E-state index contributed by atoms with van der Waals surface area (Å²) in [4.78, 5) is 91.5. The second-order valence-electron chi connectivity index (χ2n) is 11.5. The van der Waals surface area contributed by atoms with Gasteiger partial charge in [0.15, 0.2) is 6.10 Å². The molecule has 5 unspecified atom stereocenters. The number of hydrogen-bond donors (Lipinski definition) is 6. The normalized spacial score (nSPS) is 22.7. The quantitative estimate of drug-likeness (QED) is 0.161. The van der Waals surface area contributed by atoms with Gasteiger partial charge >= 0.3 is 11.9 Å². The third kappa shape index (κ3) is 11.0. The van der Waals surface area contributed by atoms with E-state index in [1.54, 1.807) is 60.0 Å². The lowest BCUT2D eigenvalue weighted by molar-refractivity contribution is -0.153. The van der Waals surface area contributed by atoms with Crippen molar-refractivity contribution in [2.45, 2.75) is 69.8 Å². The van der Waals surface area contributed by atoms with Gasteiger partial charge < -0.3 is 36.4 Å². The van der Waals surface area contributed by atoms with E-state index in [-0.39, 0.29) is 24.9 Å². The molecule has 0 saturated carbocycles. The molecule has 15 heteroatoms. The minimum Gasteiger partial charge on any atom is -0.480 e. The summed E-state index contributed by atoms with van der Waals surface area (Å²) >= 11 is 1.34. The van der Waals surface area contributed by atoms with E-state index in [1.165, 1.54) is 30.4 Å². The minimum atomic E-state index is -1.55. The molecule has 49 heavy (non-hydrogen) atoms. The fourth-order valence-electron chi connectivity index (χ4n) is 5.04. The van der Waals surface area contributed by atoms with Gasteiger partial charge in [0, 0.05) is 36.8 Å².